The van der Waals surface area contributed by atoms with Gasteiger partial charge in [0.25, 0.3) is 0 Å². The van der Waals surface area contributed by atoms with Crippen LogP contribution in [0.3, 0.4) is 0 Å². The van der Waals surface area contributed by atoms with Crippen LogP contribution in [0.2, 0.25) is 0 Å². The molecule has 3 rings (SSSR count). The summed E-state index contributed by atoms with van der Waals surface area (Å²) in [7, 11) is 0. The number of hydrogen-bond acceptors (Lipinski definition) is 3. The number of benzene rings is 1. The summed E-state index contributed by atoms with van der Waals surface area (Å²) in [5.74, 6) is 0.266. The summed E-state index contributed by atoms with van der Waals surface area (Å²) in [6.45, 7) is 2.17. The molecule has 0 atom stereocenters. The number of aliphatic carboxylic acids is 1. The van der Waals surface area contributed by atoms with Gasteiger partial charge >= 0.3 is 5.97 Å². The van der Waals surface area contributed by atoms with E-state index in [2.05, 4.69) is 12.1 Å². The van der Waals surface area contributed by atoms with Crippen molar-refractivity contribution in [2.24, 2.45) is 0 Å². The lowest BCUT2D eigenvalue weighted by molar-refractivity contribution is -0.137. The van der Waals surface area contributed by atoms with Gasteiger partial charge < -0.3 is 14.6 Å². The normalized spacial score (nSPS) is 19.4. The minimum atomic E-state index is -0.724. The van der Waals surface area contributed by atoms with Crippen LogP contribution in [0, 0.1) is 0 Å². The first-order chi connectivity index (χ1) is 9.20. The van der Waals surface area contributed by atoms with E-state index in [1.54, 1.807) is 0 Å². The number of carboxylic acid groups (broad SMARTS) is 1. The molecule has 2 aliphatic heterocycles. The fraction of sp³-hybridized carbons (Fsp3) is 0.533. The van der Waals surface area contributed by atoms with Crippen LogP contribution in [0.1, 0.15) is 30.4 Å². The molecule has 1 N–H and O–H groups in total. The average Bonchev–Trinajstić information content (AvgIpc) is 2.79. The smallest absolute Gasteiger partial charge is 0.303 e. The summed E-state index contributed by atoms with van der Waals surface area (Å²) in [6.07, 6.45) is 2.77. The Bertz CT molecular complexity index is 491. The van der Waals surface area contributed by atoms with Crippen LogP contribution in [0.25, 0.3) is 0 Å². The first kappa shape index (κ1) is 12.5. The molecule has 0 saturated carbocycles. The number of hydrogen-bond donors (Lipinski definition) is 1. The molecule has 2 aliphatic rings. The van der Waals surface area contributed by atoms with E-state index >= 15 is 0 Å². The molecule has 19 heavy (non-hydrogen) atoms. The predicted molar refractivity (Wildman–Crippen MR) is 69.6 cm³/mol. The van der Waals surface area contributed by atoms with E-state index in [0.717, 1.165) is 25.2 Å². The summed E-state index contributed by atoms with van der Waals surface area (Å²) in [4.78, 5) is 10.6. The van der Waals surface area contributed by atoms with Crippen LogP contribution in [0.15, 0.2) is 18.2 Å². The zero-order valence-electron chi connectivity index (χ0n) is 10.9. The van der Waals surface area contributed by atoms with Crippen molar-refractivity contribution in [1.29, 1.82) is 0 Å². The first-order valence-electron chi connectivity index (χ1n) is 6.75. The molecule has 1 saturated heterocycles. The fourth-order valence-electron chi connectivity index (χ4n) is 2.90. The van der Waals surface area contributed by atoms with Crippen molar-refractivity contribution in [3.05, 3.63) is 29.3 Å². The Hall–Kier alpha value is -1.55. The van der Waals surface area contributed by atoms with Crippen LogP contribution in [-0.4, -0.2) is 30.9 Å². The van der Waals surface area contributed by atoms with Crippen LogP contribution in [-0.2, 0) is 21.4 Å². The Morgan fingerprint density at radius 2 is 2.21 bits per heavy atom. The molecule has 0 aromatic heterocycles. The second-order valence-corrected chi connectivity index (χ2v) is 5.44. The van der Waals surface area contributed by atoms with Crippen molar-refractivity contribution in [3.8, 4) is 5.75 Å². The Morgan fingerprint density at radius 3 is 2.89 bits per heavy atom. The Kier molecular flexibility index (Phi) is 3.19. The topological polar surface area (TPSA) is 55.8 Å². The summed E-state index contributed by atoms with van der Waals surface area (Å²) in [5, 5.41) is 8.75. The Morgan fingerprint density at radius 1 is 1.37 bits per heavy atom. The molecule has 0 amide bonds. The van der Waals surface area contributed by atoms with Gasteiger partial charge in [0.2, 0.25) is 0 Å². The van der Waals surface area contributed by atoms with Gasteiger partial charge in [-0.2, -0.15) is 0 Å². The Balaban J connectivity index is 1.76. The third kappa shape index (κ3) is 2.32. The highest BCUT2D eigenvalue weighted by Crippen LogP contribution is 2.39. The quantitative estimate of drug-likeness (QED) is 0.883. The summed E-state index contributed by atoms with van der Waals surface area (Å²) >= 11 is 0. The molecule has 0 spiro atoms. The predicted octanol–water partition coefficient (Wildman–Crippen LogP) is 2.14. The molecule has 2 heterocycles. The molecule has 0 radical (unpaired) electrons. The molecule has 0 unspecified atom stereocenters. The van der Waals surface area contributed by atoms with Gasteiger partial charge in [0.15, 0.2) is 0 Å². The van der Waals surface area contributed by atoms with Crippen molar-refractivity contribution in [2.45, 2.75) is 31.1 Å². The Labute approximate surface area is 112 Å². The fourth-order valence-corrected chi connectivity index (χ4v) is 2.90. The highest BCUT2D eigenvalue weighted by atomic mass is 16.5. The maximum Gasteiger partial charge on any atom is 0.303 e. The lowest BCUT2D eigenvalue weighted by atomic mass is 9.74. The van der Waals surface area contributed by atoms with Gasteiger partial charge in [-0.15, -0.1) is 0 Å². The lowest BCUT2D eigenvalue weighted by Gasteiger charge is -2.42. The molecule has 1 fully saturated rings. The lowest BCUT2D eigenvalue weighted by Crippen LogP contribution is -2.46. The zero-order valence-corrected chi connectivity index (χ0v) is 10.9. The molecule has 4 heteroatoms. The second-order valence-electron chi connectivity index (χ2n) is 5.44. The van der Waals surface area contributed by atoms with Crippen LogP contribution < -0.4 is 4.74 Å². The van der Waals surface area contributed by atoms with E-state index in [9.17, 15) is 4.79 Å². The van der Waals surface area contributed by atoms with Gasteiger partial charge in [0, 0.05) is 18.3 Å². The van der Waals surface area contributed by atoms with Crippen molar-refractivity contribution in [3.63, 3.8) is 0 Å². The highest BCUT2D eigenvalue weighted by Gasteiger charge is 2.40. The minimum absolute atomic E-state index is 0.0209. The third-order valence-corrected chi connectivity index (χ3v) is 4.10. The van der Waals surface area contributed by atoms with Crippen molar-refractivity contribution in [2.75, 3.05) is 19.8 Å². The van der Waals surface area contributed by atoms with E-state index < -0.39 is 5.97 Å². The number of rotatable bonds is 5. The first-order valence-corrected chi connectivity index (χ1v) is 6.75. The average molecular weight is 262 g/mol. The monoisotopic (exact) mass is 262 g/mol. The number of ether oxygens (including phenoxy) is 2. The second kappa shape index (κ2) is 4.85. The maximum atomic E-state index is 10.6. The van der Waals surface area contributed by atoms with E-state index in [-0.39, 0.29) is 11.8 Å². The van der Waals surface area contributed by atoms with Crippen LogP contribution >= 0.6 is 0 Å². The molecule has 102 valence electrons. The standard InChI is InChI=1S/C15H18O4/c16-14(17)2-1-6-15(9-18-10-15)12-3-4-13-11(8-12)5-7-19-13/h3-4,8H,1-2,5-7,9-10H2,(H,16,17). The minimum Gasteiger partial charge on any atom is -0.493 e. The van der Waals surface area contributed by atoms with Gasteiger partial charge in [-0.3, -0.25) is 4.79 Å². The highest BCUT2D eigenvalue weighted by molar-refractivity contribution is 5.66. The van der Waals surface area contributed by atoms with Gasteiger partial charge in [-0.25, -0.2) is 0 Å². The van der Waals surface area contributed by atoms with Gasteiger partial charge in [0.05, 0.1) is 19.8 Å². The maximum absolute atomic E-state index is 10.6. The summed E-state index contributed by atoms with van der Waals surface area (Å²) in [6, 6.07) is 6.36. The van der Waals surface area contributed by atoms with Gasteiger partial charge in [-0.05, 0) is 30.0 Å². The van der Waals surface area contributed by atoms with Crippen LogP contribution in [0.4, 0.5) is 0 Å². The van der Waals surface area contributed by atoms with Crippen molar-refractivity contribution in [1.82, 2.24) is 0 Å². The van der Waals surface area contributed by atoms with Gasteiger partial charge in [-0.1, -0.05) is 12.1 Å². The third-order valence-electron chi connectivity index (χ3n) is 4.10. The van der Waals surface area contributed by atoms with Crippen LogP contribution in [0.5, 0.6) is 5.75 Å². The molecule has 4 nitrogen and oxygen atoms in total. The number of fused-ring (bicyclic) bond motifs is 1. The van der Waals surface area contributed by atoms with E-state index in [1.165, 1.54) is 11.1 Å². The summed E-state index contributed by atoms with van der Waals surface area (Å²) < 4.78 is 10.9. The SMILES string of the molecule is O=C(O)CCCC1(c2ccc3c(c2)CCO3)COC1. The number of carboxylic acids is 1. The van der Waals surface area contributed by atoms with E-state index in [1.807, 2.05) is 6.07 Å². The van der Waals surface area contributed by atoms with Gasteiger partial charge in [0.1, 0.15) is 5.75 Å². The molecular weight excluding hydrogens is 244 g/mol. The molecule has 1 aromatic carbocycles. The molecule has 0 bridgehead atoms. The molecular formula is C15H18O4. The largest absolute Gasteiger partial charge is 0.493 e. The van der Waals surface area contributed by atoms with Crippen molar-refractivity contribution >= 4 is 5.97 Å². The molecule has 1 aromatic rings. The number of carbonyl (C=O) groups is 1. The van der Waals surface area contributed by atoms with Crippen molar-refractivity contribution < 1.29 is 19.4 Å². The summed E-state index contributed by atoms with van der Waals surface area (Å²) in [5.41, 5.74) is 2.56. The van der Waals surface area contributed by atoms with E-state index in [0.29, 0.717) is 19.6 Å². The molecule has 0 aliphatic carbocycles. The zero-order chi connectivity index (χ0) is 13.3. The van der Waals surface area contributed by atoms with E-state index in [4.69, 9.17) is 14.6 Å².